The highest BCUT2D eigenvalue weighted by Gasteiger charge is 2.11. The van der Waals surface area contributed by atoms with Gasteiger partial charge in [0.05, 0.1) is 17.8 Å². The second kappa shape index (κ2) is 5.90. The number of nitrogens with zero attached hydrogens (tertiary/aromatic N) is 3. The van der Waals surface area contributed by atoms with Crippen LogP contribution in [0.25, 0.3) is 22.2 Å². The van der Waals surface area contributed by atoms with Crippen molar-refractivity contribution in [3.63, 3.8) is 0 Å². The number of benzene rings is 1. The normalized spacial score (nSPS) is 10.8. The van der Waals surface area contributed by atoms with Gasteiger partial charge in [0.25, 0.3) is 0 Å². The molecule has 0 spiro atoms. The van der Waals surface area contributed by atoms with Gasteiger partial charge in [-0.2, -0.15) is 4.98 Å². The van der Waals surface area contributed by atoms with E-state index >= 15 is 0 Å². The minimum Gasteiger partial charge on any atom is -0.395 e. The number of rotatable bonds is 4. The second-order valence-electron chi connectivity index (χ2n) is 4.64. The summed E-state index contributed by atoms with van der Waals surface area (Å²) in [5, 5.41) is 12.2. The number of pyridine rings is 1. The predicted octanol–water partition coefficient (Wildman–Crippen LogP) is 1.82. The lowest BCUT2D eigenvalue weighted by Crippen LogP contribution is -2.09. The first-order chi connectivity index (χ1) is 10.7. The van der Waals surface area contributed by atoms with Crippen molar-refractivity contribution < 1.29 is 9.50 Å². The van der Waals surface area contributed by atoms with Crippen molar-refractivity contribution in [2.24, 2.45) is 0 Å². The minimum absolute atomic E-state index is 0.0275. The molecule has 22 heavy (non-hydrogen) atoms. The van der Waals surface area contributed by atoms with Crippen molar-refractivity contribution in [3.8, 4) is 11.3 Å². The number of fused-ring (bicyclic) bond motifs is 1. The summed E-state index contributed by atoms with van der Waals surface area (Å²) >= 11 is 0. The first-order valence-corrected chi connectivity index (χ1v) is 6.72. The Hall–Kier alpha value is -2.80. The zero-order valence-corrected chi connectivity index (χ0v) is 11.6. The number of hydrogen-bond acceptors (Lipinski definition) is 6. The van der Waals surface area contributed by atoms with Crippen LogP contribution in [-0.4, -0.2) is 33.2 Å². The molecular weight excluding hydrogens is 285 g/mol. The molecular formula is C15H14FN5O. The van der Waals surface area contributed by atoms with Crippen LogP contribution < -0.4 is 11.1 Å². The molecule has 3 aromatic rings. The highest BCUT2D eigenvalue weighted by atomic mass is 19.1. The standard InChI is InChI=1S/C15H14FN5O/c16-11-4-3-10(14-9(11)2-1-5-19-14)12-8-13(18-6-7-22)21-15(17)20-12/h1-5,8,22H,6-7H2,(H3,17,18,20,21). The highest BCUT2D eigenvalue weighted by molar-refractivity contribution is 5.93. The lowest BCUT2D eigenvalue weighted by molar-refractivity contribution is 0.311. The molecule has 0 saturated heterocycles. The van der Waals surface area contributed by atoms with E-state index in [0.29, 0.717) is 34.5 Å². The number of hydrogen-bond donors (Lipinski definition) is 3. The molecule has 2 aromatic heterocycles. The highest BCUT2D eigenvalue weighted by Crippen LogP contribution is 2.28. The minimum atomic E-state index is -0.340. The molecule has 3 rings (SSSR count). The average Bonchev–Trinajstić information content (AvgIpc) is 2.53. The molecule has 0 bridgehead atoms. The van der Waals surface area contributed by atoms with Gasteiger partial charge in [0, 0.05) is 29.8 Å². The molecule has 0 radical (unpaired) electrons. The molecule has 0 aliphatic carbocycles. The largest absolute Gasteiger partial charge is 0.395 e. The molecule has 0 unspecified atom stereocenters. The zero-order chi connectivity index (χ0) is 15.5. The van der Waals surface area contributed by atoms with Crippen LogP contribution in [0.4, 0.5) is 16.2 Å². The molecule has 7 heteroatoms. The van der Waals surface area contributed by atoms with Crippen molar-refractivity contribution in [2.45, 2.75) is 0 Å². The lowest BCUT2D eigenvalue weighted by Gasteiger charge is -2.09. The van der Waals surface area contributed by atoms with Crippen LogP contribution in [0.15, 0.2) is 36.5 Å². The first-order valence-electron chi connectivity index (χ1n) is 6.72. The quantitative estimate of drug-likeness (QED) is 0.680. The average molecular weight is 299 g/mol. The Labute approximate surface area is 125 Å². The summed E-state index contributed by atoms with van der Waals surface area (Å²) < 4.78 is 13.9. The van der Waals surface area contributed by atoms with E-state index in [1.54, 1.807) is 30.5 Å². The van der Waals surface area contributed by atoms with Gasteiger partial charge < -0.3 is 16.2 Å². The Morgan fingerprint density at radius 2 is 2.09 bits per heavy atom. The summed E-state index contributed by atoms with van der Waals surface area (Å²) in [5.41, 5.74) is 7.43. The summed E-state index contributed by atoms with van der Waals surface area (Å²) in [6.45, 7) is 0.318. The van der Waals surface area contributed by atoms with E-state index < -0.39 is 0 Å². The molecule has 0 aliphatic rings. The van der Waals surface area contributed by atoms with Crippen molar-refractivity contribution in [2.75, 3.05) is 24.2 Å². The van der Waals surface area contributed by atoms with Gasteiger partial charge >= 0.3 is 0 Å². The van der Waals surface area contributed by atoms with E-state index in [-0.39, 0.29) is 18.4 Å². The van der Waals surface area contributed by atoms with Crippen molar-refractivity contribution in [1.82, 2.24) is 15.0 Å². The van der Waals surface area contributed by atoms with Gasteiger partial charge in [-0.25, -0.2) is 9.37 Å². The van der Waals surface area contributed by atoms with Crippen molar-refractivity contribution in [1.29, 1.82) is 0 Å². The Morgan fingerprint density at radius 1 is 1.23 bits per heavy atom. The van der Waals surface area contributed by atoms with Crippen LogP contribution in [0.3, 0.4) is 0 Å². The van der Waals surface area contributed by atoms with Crippen LogP contribution in [0, 0.1) is 5.82 Å². The van der Waals surface area contributed by atoms with Gasteiger partial charge in [-0.05, 0) is 24.3 Å². The fourth-order valence-corrected chi connectivity index (χ4v) is 2.22. The van der Waals surface area contributed by atoms with E-state index in [0.717, 1.165) is 0 Å². The van der Waals surface area contributed by atoms with Gasteiger partial charge in [-0.1, -0.05) is 0 Å². The van der Waals surface area contributed by atoms with Crippen LogP contribution >= 0.6 is 0 Å². The third-order valence-corrected chi connectivity index (χ3v) is 3.15. The van der Waals surface area contributed by atoms with Crippen molar-refractivity contribution >= 4 is 22.7 Å². The van der Waals surface area contributed by atoms with Gasteiger partial charge in [0.2, 0.25) is 5.95 Å². The Morgan fingerprint density at radius 3 is 2.91 bits per heavy atom. The number of nitrogens with two attached hydrogens (primary N) is 1. The number of nitrogens with one attached hydrogen (secondary N) is 1. The Balaban J connectivity index is 2.15. The van der Waals surface area contributed by atoms with E-state index in [4.69, 9.17) is 10.8 Å². The number of nitrogen functional groups attached to an aromatic ring is 1. The molecule has 0 fully saturated rings. The monoisotopic (exact) mass is 299 g/mol. The van der Waals surface area contributed by atoms with Crippen LogP contribution in [0.2, 0.25) is 0 Å². The molecule has 0 atom stereocenters. The summed E-state index contributed by atoms with van der Waals surface area (Å²) in [5.74, 6) is 0.240. The molecule has 6 nitrogen and oxygen atoms in total. The summed E-state index contributed by atoms with van der Waals surface area (Å²) in [6.07, 6.45) is 1.60. The zero-order valence-electron chi connectivity index (χ0n) is 11.6. The van der Waals surface area contributed by atoms with Crippen LogP contribution in [0.1, 0.15) is 0 Å². The topological polar surface area (TPSA) is 97.0 Å². The van der Waals surface area contributed by atoms with Gasteiger partial charge in [-0.3, -0.25) is 4.98 Å². The van der Waals surface area contributed by atoms with Gasteiger partial charge in [0.15, 0.2) is 0 Å². The number of aliphatic hydroxyl groups is 1. The van der Waals surface area contributed by atoms with E-state index in [2.05, 4.69) is 20.3 Å². The molecule has 0 amide bonds. The third-order valence-electron chi connectivity index (χ3n) is 3.15. The predicted molar refractivity (Wildman–Crippen MR) is 82.7 cm³/mol. The third kappa shape index (κ3) is 2.66. The second-order valence-corrected chi connectivity index (χ2v) is 4.64. The molecule has 4 N–H and O–H groups in total. The fourth-order valence-electron chi connectivity index (χ4n) is 2.22. The van der Waals surface area contributed by atoms with Crippen LogP contribution in [-0.2, 0) is 0 Å². The first kappa shape index (κ1) is 14.2. The van der Waals surface area contributed by atoms with Gasteiger partial charge in [0.1, 0.15) is 11.6 Å². The summed E-state index contributed by atoms with van der Waals surface area (Å²) in [4.78, 5) is 12.5. The summed E-state index contributed by atoms with van der Waals surface area (Å²) in [6, 6.07) is 8.02. The number of aliphatic hydroxyl groups excluding tert-OH is 1. The SMILES string of the molecule is Nc1nc(NCCO)cc(-c2ccc(F)c3cccnc23)n1. The number of aromatic nitrogens is 3. The Bertz CT molecular complexity index is 824. The molecule has 2 heterocycles. The fraction of sp³-hybridized carbons (Fsp3) is 0.133. The lowest BCUT2D eigenvalue weighted by atomic mass is 10.1. The maximum atomic E-state index is 13.9. The van der Waals surface area contributed by atoms with E-state index in [1.165, 1.54) is 6.07 Å². The van der Waals surface area contributed by atoms with Crippen molar-refractivity contribution in [3.05, 3.63) is 42.3 Å². The number of halogens is 1. The smallest absolute Gasteiger partial charge is 0.222 e. The summed E-state index contributed by atoms with van der Waals surface area (Å²) in [7, 11) is 0. The van der Waals surface area contributed by atoms with Crippen LogP contribution in [0.5, 0.6) is 0 Å². The van der Waals surface area contributed by atoms with E-state index in [9.17, 15) is 4.39 Å². The maximum absolute atomic E-state index is 13.9. The Kier molecular flexibility index (Phi) is 3.80. The maximum Gasteiger partial charge on any atom is 0.222 e. The molecule has 112 valence electrons. The molecule has 0 saturated carbocycles. The number of anilines is 2. The van der Waals surface area contributed by atoms with E-state index in [1.807, 2.05) is 0 Å². The van der Waals surface area contributed by atoms with Gasteiger partial charge in [-0.15, -0.1) is 0 Å². The molecule has 0 aliphatic heterocycles. The molecule has 1 aromatic carbocycles.